The van der Waals surface area contributed by atoms with Gasteiger partial charge in [-0.1, -0.05) is 20.3 Å². The van der Waals surface area contributed by atoms with E-state index >= 15 is 0 Å². The van der Waals surface area contributed by atoms with Crippen molar-refractivity contribution in [3.63, 3.8) is 0 Å². The lowest BCUT2D eigenvalue weighted by Gasteiger charge is -2.20. The number of hydrogen-bond donors (Lipinski definition) is 0. The number of aliphatic imine (C=N–C) groups is 1. The molecule has 0 heterocycles. The smallest absolute Gasteiger partial charge is 0.0791 e. The molecule has 0 N–H and O–H groups in total. The molecular formula is C9H19NO. The normalized spacial score (nSPS) is 15.9. The Balaban J connectivity index is 3.86. The van der Waals surface area contributed by atoms with Gasteiger partial charge in [-0.05, 0) is 19.6 Å². The molecule has 0 rings (SSSR count). The van der Waals surface area contributed by atoms with E-state index in [0.29, 0.717) is 0 Å². The fourth-order valence-corrected chi connectivity index (χ4v) is 1.29. The number of hydrogen-bond acceptors (Lipinski definition) is 2. The first-order valence-electron chi connectivity index (χ1n) is 4.28. The highest BCUT2D eigenvalue weighted by Gasteiger charge is 2.15. The lowest BCUT2D eigenvalue weighted by atomic mass is 10.0. The maximum atomic E-state index is 5.27. The second kappa shape index (κ2) is 6.35. The quantitative estimate of drug-likeness (QED) is 0.542. The maximum absolute atomic E-state index is 5.27. The number of rotatable bonds is 6. The molecule has 0 aromatic carbocycles. The lowest BCUT2D eigenvalue weighted by Crippen LogP contribution is -2.25. The van der Waals surface area contributed by atoms with Crippen LogP contribution in [0.1, 0.15) is 33.1 Å². The van der Waals surface area contributed by atoms with E-state index in [1.165, 1.54) is 0 Å². The maximum Gasteiger partial charge on any atom is 0.0791 e. The predicted molar refractivity (Wildman–Crippen MR) is 49.3 cm³/mol. The molecule has 0 aliphatic carbocycles. The number of nitrogens with zero attached hydrogens (tertiary/aromatic N) is 1. The van der Waals surface area contributed by atoms with Crippen LogP contribution >= 0.6 is 0 Å². The van der Waals surface area contributed by atoms with Crippen molar-refractivity contribution in [2.24, 2.45) is 4.99 Å². The third kappa shape index (κ3) is 3.51. The first-order valence-corrected chi connectivity index (χ1v) is 4.28. The van der Waals surface area contributed by atoms with Gasteiger partial charge in [0.1, 0.15) is 0 Å². The van der Waals surface area contributed by atoms with Crippen molar-refractivity contribution in [2.45, 2.75) is 45.3 Å². The van der Waals surface area contributed by atoms with E-state index in [9.17, 15) is 0 Å². The number of ether oxygens (including phenoxy) is 1. The second-order valence-corrected chi connectivity index (χ2v) is 2.72. The Labute approximate surface area is 69.7 Å². The molecule has 0 radical (unpaired) electrons. The van der Waals surface area contributed by atoms with Gasteiger partial charge in [0.05, 0.1) is 12.1 Å². The summed E-state index contributed by atoms with van der Waals surface area (Å²) in [5.41, 5.74) is 0. The minimum atomic E-state index is 0.257. The summed E-state index contributed by atoms with van der Waals surface area (Å²) in [4.78, 5) is 4.04. The molecule has 0 saturated heterocycles. The van der Waals surface area contributed by atoms with Gasteiger partial charge in [-0.25, -0.2) is 0 Å². The molecule has 0 aliphatic rings. The van der Waals surface area contributed by atoms with Gasteiger partial charge in [0.25, 0.3) is 0 Å². The molecule has 0 aromatic heterocycles. The summed E-state index contributed by atoms with van der Waals surface area (Å²) in [6, 6.07) is 0.287. The standard InChI is InChI=1S/C9H19NO/c1-5-7-8(10-3)9(6-2)11-4/h8-9H,3,5-7H2,1-2,4H3. The molecule has 2 heteroatoms. The van der Waals surface area contributed by atoms with Gasteiger partial charge in [0.15, 0.2) is 0 Å². The van der Waals surface area contributed by atoms with E-state index in [1.54, 1.807) is 7.11 Å². The van der Waals surface area contributed by atoms with Crippen LogP contribution in [-0.4, -0.2) is 26.0 Å². The van der Waals surface area contributed by atoms with Crippen LogP contribution in [0.3, 0.4) is 0 Å². The van der Waals surface area contributed by atoms with Crippen molar-refractivity contribution in [3.05, 3.63) is 0 Å². The molecular weight excluding hydrogens is 138 g/mol. The Morgan fingerprint density at radius 3 is 2.36 bits per heavy atom. The zero-order chi connectivity index (χ0) is 8.69. The zero-order valence-electron chi connectivity index (χ0n) is 7.84. The van der Waals surface area contributed by atoms with Crippen LogP contribution < -0.4 is 0 Å². The van der Waals surface area contributed by atoms with E-state index < -0.39 is 0 Å². The largest absolute Gasteiger partial charge is 0.379 e. The van der Waals surface area contributed by atoms with Crippen molar-refractivity contribution >= 4 is 6.72 Å². The highest BCUT2D eigenvalue weighted by atomic mass is 16.5. The molecule has 2 nitrogen and oxygen atoms in total. The molecule has 66 valence electrons. The predicted octanol–water partition coefficient (Wildman–Crippen LogP) is 2.28. The van der Waals surface area contributed by atoms with Crippen molar-refractivity contribution < 1.29 is 4.74 Å². The molecule has 0 fully saturated rings. The van der Waals surface area contributed by atoms with Crippen molar-refractivity contribution in [1.29, 1.82) is 0 Å². The van der Waals surface area contributed by atoms with Gasteiger partial charge in [-0.3, -0.25) is 4.99 Å². The average Bonchev–Trinajstić information content (AvgIpc) is 2.05. The van der Waals surface area contributed by atoms with Crippen LogP contribution in [-0.2, 0) is 4.74 Å². The van der Waals surface area contributed by atoms with E-state index in [-0.39, 0.29) is 12.1 Å². The molecule has 0 aromatic rings. The zero-order valence-corrected chi connectivity index (χ0v) is 7.84. The Kier molecular flexibility index (Phi) is 6.13. The van der Waals surface area contributed by atoms with E-state index in [4.69, 9.17) is 4.74 Å². The van der Waals surface area contributed by atoms with Crippen LogP contribution in [0.4, 0.5) is 0 Å². The Bertz CT molecular complexity index is 99.7. The van der Waals surface area contributed by atoms with Crippen molar-refractivity contribution in [1.82, 2.24) is 0 Å². The minimum Gasteiger partial charge on any atom is -0.379 e. The Hall–Kier alpha value is -0.370. The molecule has 0 amide bonds. The summed E-state index contributed by atoms with van der Waals surface area (Å²) in [7, 11) is 1.74. The molecule has 0 spiro atoms. The highest BCUT2D eigenvalue weighted by molar-refractivity contribution is 5.24. The van der Waals surface area contributed by atoms with Crippen LogP contribution in [0.2, 0.25) is 0 Å². The molecule has 0 saturated carbocycles. The molecule has 2 unspecified atom stereocenters. The summed E-state index contributed by atoms with van der Waals surface area (Å²) in [6.45, 7) is 7.83. The van der Waals surface area contributed by atoms with Gasteiger partial charge < -0.3 is 4.74 Å². The van der Waals surface area contributed by atoms with Gasteiger partial charge >= 0.3 is 0 Å². The molecule has 11 heavy (non-hydrogen) atoms. The first kappa shape index (κ1) is 10.6. The fraction of sp³-hybridized carbons (Fsp3) is 0.889. The Morgan fingerprint density at radius 1 is 1.45 bits per heavy atom. The molecule has 0 bridgehead atoms. The fourth-order valence-electron chi connectivity index (χ4n) is 1.29. The second-order valence-electron chi connectivity index (χ2n) is 2.72. The van der Waals surface area contributed by atoms with Crippen LogP contribution in [0, 0.1) is 0 Å². The number of methoxy groups -OCH3 is 1. The SMILES string of the molecule is C=NC(CCC)C(CC)OC. The van der Waals surface area contributed by atoms with Gasteiger partial charge in [-0.15, -0.1) is 0 Å². The third-order valence-electron chi connectivity index (χ3n) is 1.95. The van der Waals surface area contributed by atoms with Crippen molar-refractivity contribution in [3.8, 4) is 0 Å². The van der Waals surface area contributed by atoms with Gasteiger partial charge in [0, 0.05) is 7.11 Å². The van der Waals surface area contributed by atoms with E-state index in [0.717, 1.165) is 19.3 Å². The monoisotopic (exact) mass is 157 g/mol. The summed E-state index contributed by atoms with van der Waals surface area (Å²) < 4.78 is 5.27. The van der Waals surface area contributed by atoms with Crippen LogP contribution in [0.25, 0.3) is 0 Å². The van der Waals surface area contributed by atoms with Gasteiger partial charge in [0.2, 0.25) is 0 Å². The summed E-state index contributed by atoms with van der Waals surface area (Å²) in [5.74, 6) is 0. The van der Waals surface area contributed by atoms with Gasteiger partial charge in [-0.2, -0.15) is 0 Å². The first-order chi connectivity index (χ1) is 5.29. The topological polar surface area (TPSA) is 21.6 Å². The summed E-state index contributed by atoms with van der Waals surface area (Å²) >= 11 is 0. The van der Waals surface area contributed by atoms with E-state index in [2.05, 4.69) is 25.6 Å². The molecule has 0 aliphatic heterocycles. The summed E-state index contributed by atoms with van der Waals surface area (Å²) in [6.07, 6.45) is 3.49. The minimum absolute atomic E-state index is 0.257. The van der Waals surface area contributed by atoms with Crippen LogP contribution in [0.15, 0.2) is 4.99 Å². The average molecular weight is 157 g/mol. The highest BCUT2D eigenvalue weighted by Crippen LogP contribution is 2.11. The van der Waals surface area contributed by atoms with E-state index in [1.807, 2.05) is 0 Å². The summed E-state index contributed by atoms with van der Waals surface area (Å²) in [5, 5.41) is 0. The van der Waals surface area contributed by atoms with Crippen molar-refractivity contribution in [2.75, 3.05) is 7.11 Å². The van der Waals surface area contributed by atoms with Crippen LogP contribution in [0.5, 0.6) is 0 Å². The lowest BCUT2D eigenvalue weighted by molar-refractivity contribution is 0.0756. The Morgan fingerprint density at radius 2 is 2.09 bits per heavy atom. The third-order valence-corrected chi connectivity index (χ3v) is 1.95. The molecule has 2 atom stereocenters.